The second-order valence-electron chi connectivity index (χ2n) is 5.54. The lowest BCUT2D eigenvalue weighted by Crippen LogP contribution is -2.30. The topological polar surface area (TPSA) is 78.0 Å². The number of aromatic nitrogens is 2. The van der Waals surface area contributed by atoms with Crippen LogP contribution in [0.1, 0.15) is 56.0 Å². The molecule has 2 unspecified atom stereocenters. The van der Waals surface area contributed by atoms with E-state index in [1.54, 1.807) is 0 Å². The fourth-order valence-electron chi connectivity index (χ4n) is 2.63. The summed E-state index contributed by atoms with van der Waals surface area (Å²) in [7, 11) is 0. The van der Waals surface area contributed by atoms with E-state index in [0.29, 0.717) is 18.9 Å². The Morgan fingerprint density at radius 3 is 2.65 bits per heavy atom. The largest absolute Gasteiger partial charge is 0.396 e. The number of aliphatic hydroxyl groups excluding tert-OH is 1. The van der Waals surface area contributed by atoms with Crippen molar-refractivity contribution < 1.29 is 9.90 Å². The number of nitrogens with zero attached hydrogens (tertiary/aromatic N) is 1. The van der Waals surface area contributed by atoms with Gasteiger partial charge in [-0.05, 0) is 37.7 Å². The van der Waals surface area contributed by atoms with Crippen molar-refractivity contribution in [3.63, 3.8) is 0 Å². The number of aryl methyl sites for hydroxylation is 2. The first-order valence-electron chi connectivity index (χ1n) is 7.38. The molecule has 0 aliphatic carbocycles. The molecule has 20 heavy (non-hydrogen) atoms. The van der Waals surface area contributed by atoms with Crippen molar-refractivity contribution in [3.8, 4) is 0 Å². The molecule has 114 valence electrons. The van der Waals surface area contributed by atoms with Crippen LogP contribution in [-0.2, 0) is 4.79 Å². The molecular weight excluding hydrogens is 254 g/mol. The molecule has 1 aromatic heterocycles. The van der Waals surface area contributed by atoms with Gasteiger partial charge in [-0.3, -0.25) is 9.89 Å². The summed E-state index contributed by atoms with van der Waals surface area (Å²) < 4.78 is 0. The van der Waals surface area contributed by atoms with Gasteiger partial charge in [0.15, 0.2) is 0 Å². The van der Waals surface area contributed by atoms with E-state index in [0.717, 1.165) is 29.8 Å². The van der Waals surface area contributed by atoms with E-state index in [1.807, 2.05) is 13.8 Å². The Balaban J connectivity index is 2.46. The lowest BCUT2D eigenvalue weighted by molar-refractivity contribution is -0.121. The molecule has 2 atom stereocenters. The second kappa shape index (κ2) is 8.04. The molecule has 1 aromatic rings. The molecule has 1 amide bonds. The lowest BCUT2D eigenvalue weighted by Gasteiger charge is -2.16. The average Bonchev–Trinajstić information content (AvgIpc) is 2.74. The number of hydrogen-bond donors (Lipinski definition) is 3. The van der Waals surface area contributed by atoms with Crippen LogP contribution in [0.2, 0.25) is 0 Å². The third kappa shape index (κ3) is 4.63. The van der Waals surface area contributed by atoms with Crippen LogP contribution in [0, 0.1) is 19.8 Å². The van der Waals surface area contributed by atoms with Crippen LogP contribution in [0.15, 0.2) is 0 Å². The number of amides is 1. The highest BCUT2D eigenvalue weighted by molar-refractivity contribution is 5.76. The van der Waals surface area contributed by atoms with Crippen molar-refractivity contribution >= 4 is 5.91 Å². The van der Waals surface area contributed by atoms with Crippen molar-refractivity contribution in [2.45, 2.75) is 52.9 Å². The molecule has 0 radical (unpaired) electrons. The Hall–Kier alpha value is -1.36. The zero-order valence-electron chi connectivity index (χ0n) is 13.0. The Bertz CT molecular complexity index is 409. The van der Waals surface area contributed by atoms with Crippen molar-refractivity contribution in [1.29, 1.82) is 0 Å². The summed E-state index contributed by atoms with van der Waals surface area (Å²) in [6.07, 6.45) is 2.18. The van der Waals surface area contributed by atoms with Gasteiger partial charge in [-0.25, -0.2) is 0 Å². The Kier molecular flexibility index (Phi) is 6.71. The molecule has 0 aliphatic rings. The normalized spacial score (nSPS) is 14.1. The van der Waals surface area contributed by atoms with Crippen LogP contribution in [-0.4, -0.2) is 34.4 Å². The molecule has 1 heterocycles. The SMILES string of the molecule is CCC(CCO)CNC(=O)CC(C)c1c(C)n[nH]c1C. The minimum absolute atomic E-state index is 0.0638. The smallest absolute Gasteiger partial charge is 0.220 e. The number of carbonyl (C=O) groups excluding carboxylic acids is 1. The molecular formula is C15H27N3O2. The number of aliphatic hydroxyl groups is 1. The minimum atomic E-state index is 0.0638. The molecule has 0 saturated heterocycles. The highest BCUT2D eigenvalue weighted by atomic mass is 16.3. The third-order valence-electron chi connectivity index (χ3n) is 3.87. The molecule has 3 N–H and O–H groups in total. The predicted molar refractivity (Wildman–Crippen MR) is 79.6 cm³/mol. The second-order valence-corrected chi connectivity index (χ2v) is 5.54. The molecule has 0 aromatic carbocycles. The van der Waals surface area contributed by atoms with Crippen LogP contribution in [0.5, 0.6) is 0 Å². The number of hydrogen-bond acceptors (Lipinski definition) is 3. The molecule has 0 aliphatic heterocycles. The molecule has 1 rings (SSSR count). The third-order valence-corrected chi connectivity index (χ3v) is 3.87. The summed E-state index contributed by atoms with van der Waals surface area (Å²) in [5.74, 6) is 0.581. The van der Waals surface area contributed by atoms with E-state index in [9.17, 15) is 4.79 Å². The van der Waals surface area contributed by atoms with E-state index < -0.39 is 0 Å². The Morgan fingerprint density at radius 2 is 2.15 bits per heavy atom. The van der Waals surface area contributed by atoms with Gasteiger partial charge < -0.3 is 10.4 Å². The first-order chi connectivity index (χ1) is 9.49. The quantitative estimate of drug-likeness (QED) is 0.682. The maximum Gasteiger partial charge on any atom is 0.220 e. The van der Waals surface area contributed by atoms with E-state index >= 15 is 0 Å². The van der Waals surface area contributed by atoms with Crippen molar-refractivity contribution in [2.24, 2.45) is 5.92 Å². The summed E-state index contributed by atoms with van der Waals surface area (Å²) in [6.45, 7) is 8.90. The number of nitrogens with one attached hydrogen (secondary N) is 2. The number of rotatable bonds is 8. The minimum Gasteiger partial charge on any atom is -0.396 e. The summed E-state index contributed by atoms with van der Waals surface area (Å²) in [6, 6.07) is 0. The fourth-order valence-corrected chi connectivity index (χ4v) is 2.63. The van der Waals surface area contributed by atoms with Gasteiger partial charge in [-0.15, -0.1) is 0 Å². The highest BCUT2D eigenvalue weighted by Gasteiger charge is 2.18. The molecule has 5 heteroatoms. The highest BCUT2D eigenvalue weighted by Crippen LogP contribution is 2.24. The van der Waals surface area contributed by atoms with Gasteiger partial charge in [0.25, 0.3) is 0 Å². The Labute approximate surface area is 121 Å². The van der Waals surface area contributed by atoms with E-state index in [-0.39, 0.29) is 18.4 Å². The lowest BCUT2D eigenvalue weighted by atomic mass is 9.95. The van der Waals surface area contributed by atoms with E-state index in [1.165, 1.54) is 0 Å². The first-order valence-corrected chi connectivity index (χ1v) is 7.38. The number of aromatic amines is 1. The van der Waals surface area contributed by atoms with Gasteiger partial charge in [0.05, 0.1) is 5.69 Å². The first kappa shape index (κ1) is 16.7. The summed E-state index contributed by atoms with van der Waals surface area (Å²) in [5.41, 5.74) is 3.14. The van der Waals surface area contributed by atoms with Crippen LogP contribution >= 0.6 is 0 Å². The van der Waals surface area contributed by atoms with Gasteiger partial charge in [-0.2, -0.15) is 5.10 Å². The standard InChI is InChI=1S/C15H27N3O2/c1-5-13(6-7-19)9-16-14(20)8-10(2)15-11(3)17-18-12(15)4/h10,13,19H,5-9H2,1-4H3,(H,16,20)(H,17,18). The van der Waals surface area contributed by atoms with Crippen molar-refractivity contribution in [1.82, 2.24) is 15.5 Å². The van der Waals surface area contributed by atoms with Crippen LogP contribution in [0.4, 0.5) is 0 Å². The van der Waals surface area contributed by atoms with Crippen LogP contribution in [0.25, 0.3) is 0 Å². The average molecular weight is 281 g/mol. The van der Waals surface area contributed by atoms with E-state index in [4.69, 9.17) is 5.11 Å². The number of carbonyl (C=O) groups is 1. The summed E-state index contributed by atoms with van der Waals surface area (Å²) in [5, 5.41) is 19.0. The van der Waals surface area contributed by atoms with Gasteiger partial charge in [0, 0.05) is 25.3 Å². The van der Waals surface area contributed by atoms with E-state index in [2.05, 4.69) is 29.4 Å². The monoisotopic (exact) mass is 281 g/mol. The Morgan fingerprint density at radius 1 is 1.45 bits per heavy atom. The summed E-state index contributed by atoms with van der Waals surface area (Å²) in [4.78, 5) is 12.0. The van der Waals surface area contributed by atoms with Crippen molar-refractivity contribution in [3.05, 3.63) is 17.0 Å². The molecule has 0 fully saturated rings. The van der Waals surface area contributed by atoms with Gasteiger partial charge in [-0.1, -0.05) is 20.3 Å². The number of H-pyrrole nitrogens is 1. The molecule has 5 nitrogen and oxygen atoms in total. The molecule has 0 bridgehead atoms. The van der Waals surface area contributed by atoms with Crippen LogP contribution < -0.4 is 5.32 Å². The zero-order chi connectivity index (χ0) is 15.1. The fraction of sp³-hybridized carbons (Fsp3) is 0.733. The molecule has 0 spiro atoms. The predicted octanol–water partition coefficient (Wildman–Crippen LogP) is 2.04. The summed E-state index contributed by atoms with van der Waals surface area (Å²) >= 11 is 0. The maximum atomic E-state index is 12.0. The van der Waals surface area contributed by atoms with Crippen molar-refractivity contribution in [2.75, 3.05) is 13.2 Å². The zero-order valence-corrected chi connectivity index (χ0v) is 13.0. The molecule has 0 saturated carbocycles. The van der Waals surface area contributed by atoms with Gasteiger partial charge in [0.1, 0.15) is 0 Å². The van der Waals surface area contributed by atoms with Gasteiger partial charge >= 0.3 is 0 Å². The van der Waals surface area contributed by atoms with Crippen LogP contribution in [0.3, 0.4) is 0 Å². The van der Waals surface area contributed by atoms with Gasteiger partial charge in [0.2, 0.25) is 5.91 Å². The maximum absolute atomic E-state index is 12.0.